The highest BCUT2D eigenvalue weighted by Crippen LogP contribution is 2.27. The molecule has 0 aromatic carbocycles. The van der Waals surface area contributed by atoms with Crippen molar-refractivity contribution in [2.45, 2.75) is 64.5 Å². The Morgan fingerprint density at radius 2 is 1.87 bits per heavy atom. The summed E-state index contributed by atoms with van der Waals surface area (Å²) in [4.78, 5) is 2.48. The fourth-order valence-electron chi connectivity index (χ4n) is 2.17. The Labute approximate surface area is 95.0 Å². The van der Waals surface area contributed by atoms with Crippen molar-refractivity contribution in [3.05, 3.63) is 0 Å². The molecule has 2 nitrogen and oxygen atoms in total. The van der Waals surface area contributed by atoms with E-state index in [0.717, 1.165) is 12.6 Å². The number of unbranched alkanes of at least 4 members (excludes halogenated alkanes) is 2. The first-order chi connectivity index (χ1) is 7.27. The third-order valence-corrected chi connectivity index (χ3v) is 3.37. The van der Waals surface area contributed by atoms with E-state index >= 15 is 0 Å². The number of rotatable bonds is 8. The van der Waals surface area contributed by atoms with Crippen molar-refractivity contribution in [3.63, 3.8) is 0 Å². The molecule has 90 valence electrons. The summed E-state index contributed by atoms with van der Waals surface area (Å²) in [5.74, 6) is 0. The van der Waals surface area contributed by atoms with Crippen LogP contribution in [0.2, 0.25) is 0 Å². The maximum Gasteiger partial charge on any atom is 0.0605 e. The van der Waals surface area contributed by atoms with Gasteiger partial charge in [-0.3, -0.25) is 0 Å². The van der Waals surface area contributed by atoms with Crippen molar-refractivity contribution in [2.75, 3.05) is 20.2 Å². The van der Waals surface area contributed by atoms with Gasteiger partial charge in [0.05, 0.1) is 6.10 Å². The molecule has 1 aliphatic carbocycles. The van der Waals surface area contributed by atoms with Crippen LogP contribution in [0.5, 0.6) is 0 Å². The Kier molecular flexibility index (Phi) is 6.26. The van der Waals surface area contributed by atoms with Crippen LogP contribution in [0, 0.1) is 0 Å². The fraction of sp³-hybridized carbons (Fsp3) is 1.00. The zero-order chi connectivity index (χ0) is 11.1. The van der Waals surface area contributed by atoms with Gasteiger partial charge in [0.2, 0.25) is 0 Å². The zero-order valence-corrected chi connectivity index (χ0v) is 10.7. The average Bonchev–Trinajstić information content (AvgIpc) is 2.15. The van der Waals surface area contributed by atoms with E-state index in [0.29, 0.717) is 6.10 Å². The van der Waals surface area contributed by atoms with Crippen molar-refractivity contribution in [1.29, 1.82) is 0 Å². The minimum atomic E-state index is 0.561. The smallest absolute Gasteiger partial charge is 0.0605 e. The monoisotopic (exact) mass is 213 g/mol. The molecule has 15 heavy (non-hydrogen) atoms. The molecule has 1 fully saturated rings. The van der Waals surface area contributed by atoms with Crippen LogP contribution < -0.4 is 0 Å². The van der Waals surface area contributed by atoms with Gasteiger partial charge in [-0.25, -0.2) is 0 Å². The van der Waals surface area contributed by atoms with Gasteiger partial charge >= 0.3 is 0 Å². The average molecular weight is 213 g/mol. The van der Waals surface area contributed by atoms with Crippen LogP contribution in [0.3, 0.4) is 0 Å². The Hall–Kier alpha value is -0.0800. The van der Waals surface area contributed by atoms with Crippen LogP contribution in [-0.2, 0) is 4.74 Å². The second-order valence-corrected chi connectivity index (χ2v) is 4.81. The predicted molar refractivity (Wildman–Crippen MR) is 65.2 cm³/mol. The molecule has 0 aromatic heterocycles. The first-order valence-electron chi connectivity index (χ1n) is 6.59. The van der Waals surface area contributed by atoms with Crippen LogP contribution in [-0.4, -0.2) is 37.2 Å². The fourth-order valence-corrected chi connectivity index (χ4v) is 2.17. The summed E-state index contributed by atoms with van der Waals surface area (Å²) < 4.78 is 5.81. The van der Waals surface area contributed by atoms with Crippen molar-refractivity contribution in [3.8, 4) is 0 Å². The number of nitrogens with zero attached hydrogens (tertiary/aromatic N) is 1. The molecule has 0 unspecified atom stereocenters. The lowest BCUT2D eigenvalue weighted by Crippen LogP contribution is -2.46. The molecule has 0 heterocycles. The summed E-state index contributed by atoms with van der Waals surface area (Å²) in [5, 5.41) is 0. The Morgan fingerprint density at radius 1 is 1.13 bits per heavy atom. The maximum absolute atomic E-state index is 5.81. The molecule has 0 aromatic rings. The van der Waals surface area contributed by atoms with E-state index in [4.69, 9.17) is 4.74 Å². The summed E-state index contributed by atoms with van der Waals surface area (Å²) in [6.07, 6.45) is 8.16. The van der Waals surface area contributed by atoms with Crippen molar-refractivity contribution in [2.24, 2.45) is 0 Å². The van der Waals surface area contributed by atoms with Crippen LogP contribution in [0.15, 0.2) is 0 Å². The second-order valence-electron chi connectivity index (χ2n) is 4.81. The molecule has 1 saturated carbocycles. The standard InChI is InChI=1S/C13H27NO/c1-4-6-7-9-15-13-10-12(11-13)14(3)8-5-2/h12-13H,4-11H2,1-3H3/t12-,13-. The van der Waals surface area contributed by atoms with Crippen LogP contribution in [0.4, 0.5) is 0 Å². The van der Waals surface area contributed by atoms with Gasteiger partial charge in [-0.05, 0) is 39.3 Å². The quantitative estimate of drug-likeness (QED) is 0.575. The molecule has 0 amide bonds. The molecule has 0 bridgehead atoms. The molecule has 0 N–H and O–H groups in total. The van der Waals surface area contributed by atoms with E-state index in [1.54, 1.807) is 0 Å². The summed E-state index contributed by atoms with van der Waals surface area (Å²) in [7, 11) is 2.24. The molecule has 0 aliphatic heterocycles. The van der Waals surface area contributed by atoms with Gasteiger partial charge in [0.15, 0.2) is 0 Å². The maximum atomic E-state index is 5.81. The summed E-state index contributed by atoms with van der Waals surface area (Å²) >= 11 is 0. The minimum Gasteiger partial charge on any atom is -0.378 e. The second kappa shape index (κ2) is 7.24. The van der Waals surface area contributed by atoms with Crippen molar-refractivity contribution in [1.82, 2.24) is 4.90 Å². The van der Waals surface area contributed by atoms with Gasteiger partial charge in [0.25, 0.3) is 0 Å². The predicted octanol–water partition coefficient (Wildman–Crippen LogP) is 3.07. The molecule has 0 atom stereocenters. The molecule has 1 aliphatic rings. The third-order valence-electron chi connectivity index (χ3n) is 3.37. The highest BCUT2D eigenvalue weighted by atomic mass is 16.5. The van der Waals surface area contributed by atoms with Crippen LogP contribution in [0.25, 0.3) is 0 Å². The van der Waals surface area contributed by atoms with Crippen LogP contribution >= 0.6 is 0 Å². The van der Waals surface area contributed by atoms with Gasteiger partial charge in [0.1, 0.15) is 0 Å². The highest BCUT2D eigenvalue weighted by molar-refractivity contribution is 4.86. The van der Waals surface area contributed by atoms with Gasteiger partial charge in [-0.2, -0.15) is 0 Å². The molecule has 0 spiro atoms. The molecular weight excluding hydrogens is 186 g/mol. The molecule has 0 saturated heterocycles. The Morgan fingerprint density at radius 3 is 2.47 bits per heavy atom. The number of hydrogen-bond donors (Lipinski definition) is 0. The summed E-state index contributed by atoms with van der Waals surface area (Å²) in [5.41, 5.74) is 0. The van der Waals surface area contributed by atoms with E-state index in [9.17, 15) is 0 Å². The van der Waals surface area contributed by atoms with Gasteiger partial charge in [-0.15, -0.1) is 0 Å². The Balaban J connectivity index is 1.95. The first-order valence-corrected chi connectivity index (χ1v) is 6.59. The number of hydrogen-bond acceptors (Lipinski definition) is 2. The molecule has 0 radical (unpaired) electrons. The minimum absolute atomic E-state index is 0.561. The molecule has 2 heteroatoms. The molecule has 1 rings (SSSR count). The summed E-state index contributed by atoms with van der Waals surface area (Å²) in [6.45, 7) is 6.68. The van der Waals surface area contributed by atoms with Gasteiger partial charge < -0.3 is 9.64 Å². The largest absolute Gasteiger partial charge is 0.378 e. The summed E-state index contributed by atoms with van der Waals surface area (Å²) in [6, 6.07) is 0.793. The molecular formula is C13H27NO. The first kappa shape index (κ1) is 13.0. The highest BCUT2D eigenvalue weighted by Gasteiger charge is 2.31. The van der Waals surface area contributed by atoms with E-state index in [2.05, 4.69) is 25.8 Å². The number of ether oxygens (including phenoxy) is 1. The van der Waals surface area contributed by atoms with E-state index in [1.165, 1.54) is 45.1 Å². The van der Waals surface area contributed by atoms with Gasteiger partial charge in [0, 0.05) is 12.6 Å². The van der Waals surface area contributed by atoms with Crippen LogP contribution in [0.1, 0.15) is 52.4 Å². The normalized spacial score (nSPS) is 25.6. The topological polar surface area (TPSA) is 12.5 Å². The third kappa shape index (κ3) is 4.52. The zero-order valence-electron chi connectivity index (χ0n) is 10.7. The Bertz CT molecular complexity index is 155. The van der Waals surface area contributed by atoms with Crippen molar-refractivity contribution >= 4 is 0 Å². The van der Waals surface area contributed by atoms with Crippen molar-refractivity contribution < 1.29 is 4.74 Å². The van der Waals surface area contributed by atoms with E-state index < -0.39 is 0 Å². The lowest BCUT2D eigenvalue weighted by Gasteiger charge is -2.41. The lowest BCUT2D eigenvalue weighted by atomic mass is 9.88. The van der Waals surface area contributed by atoms with E-state index in [1.807, 2.05) is 0 Å². The lowest BCUT2D eigenvalue weighted by molar-refractivity contribution is -0.0460. The van der Waals surface area contributed by atoms with E-state index in [-0.39, 0.29) is 0 Å². The SMILES string of the molecule is CCCCCO[C@H]1C[C@H](N(C)CCC)C1. The van der Waals surface area contributed by atoms with Gasteiger partial charge in [-0.1, -0.05) is 26.7 Å².